The molecule has 6 aliphatic heterocycles. The molecule has 6 aliphatic rings. The maximum Gasteiger partial charge on any atom is 0.252 e. The number of para-hydroxylation sites is 18. The molecule has 27 rings (SSSR count). The highest BCUT2D eigenvalue weighted by Crippen LogP contribution is 2.54. The van der Waals surface area contributed by atoms with E-state index in [9.17, 15) is 11.0 Å². The van der Waals surface area contributed by atoms with Crippen molar-refractivity contribution in [2.24, 2.45) is 0 Å². The maximum absolute atomic E-state index is 9.41. The Kier molecular flexibility index (Phi) is 14.8. The van der Waals surface area contributed by atoms with Gasteiger partial charge in [0.2, 0.25) is 0 Å². The third kappa shape index (κ3) is 14.3. The van der Waals surface area contributed by atoms with Crippen molar-refractivity contribution in [3.63, 3.8) is 0 Å². The molecule has 0 bridgehead atoms. The predicted octanol–water partition coefficient (Wildman–Crippen LogP) is 27.7. The Morgan fingerprint density at radius 2 is 0.341 bits per heavy atom. The molecule has 9 nitrogen and oxygen atoms in total. The van der Waals surface area contributed by atoms with E-state index >= 15 is 0 Å². The van der Waals surface area contributed by atoms with E-state index in [4.69, 9.17) is 27.4 Å². The minimum absolute atomic E-state index is 0.0413. The van der Waals surface area contributed by atoms with Gasteiger partial charge in [0, 0.05) is 136 Å². The monoisotopic (exact) mass is 1790 g/mol. The smallest absolute Gasteiger partial charge is 0.252 e. The van der Waals surface area contributed by atoms with Crippen molar-refractivity contribution in [3.8, 4) is 0 Å². The number of anilines is 27. The first-order valence-corrected chi connectivity index (χ1v) is 45.2. The molecule has 0 saturated heterocycles. The highest BCUT2D eigenvalue weighted by Gasteiger charge is 2.48. The molecule has 21 aromatic carbocycles. The van der Waals surface area contributed by atoms with Crippen LogP contribution in [0, 0.1) is 0 Å². The molecule has 138 heavy (non-hydrogen) atoms. The van der Waals surface area contributed by atoms with Gasteiger partial charge in [0.25, 0.3) is 20.1 Å². The van der Waals surface area contributed by atoms with Crippen molar-refractivity contribution >= 4 is 223 Å². The molecular formula is C126H90B3N9. The molecule has 6 heterocycles. The molecule has 12 heteroatoms. The van der Waals surface area contributed by atoms with E-state index in [2.05, 4.69) is 26.8 Å². The van der Waals surface area contributed by atoms with Crippen LogP contribution < -0.4 is 93.3 Å². The van der Waals surface area contributed by atoms with Crippen LogP contribution in [0.2, 0.25) is 0 Å². The summed E-state index contributed by atoms with van der Waals surface area (Å²) in [6, 6.07) is 108. The standard InChI is InChI=1S/3C42H30BN3/c3*1-5-17-31(18-6-1)44(32-19-7-2-8-20-32)35-29-40-42-41(30-35)46(34-23-11-4-12-24-34)39-28-16-14-26-37(39)43(42)36-25-13-15-27-38(36)45(40)33-21-9-3-10-22-33/h3*1-30H/i3D,4D,9D,10D,11D,12D,21D,22D,23D,24D;1D,2D,5D,6D,7D,8D,17D,18D,19D,20D;13D,14D,15D,16D,25D,26D,27D,28D. The average molecular weight is 1790 g/mol. The van der Waals surface area contributed by atoms with Crippen LogP contribution in [-0.4, -0.2) is 20.1 Å². The van der Waals surface area contributed by atoms with Crippen molar-refractivity contribution in [2.75, 3.05) is 44.1 Å². The van der Waals surface area contributed by atoms with Crippen LogP contribution in [0.1, 0.15) is 38.4 Å². The molecule has 0 aliphatic carbocycles. The third-order valence-corrected chi connectivity index (χ3v) is 25.8. The molecule has 0 fully saturated rings. The van der Waals surface area contributed by atoms with Crippen molar-refractivity contribution in [1.82, 2.24) is 0 Å². The molecule has 0 N–H and O–H groups in total. The number of benzene rings is 21. The van der Waals surface area contributed by atoms with Gasteiger partial charge in [-0.05, 0) is 267 Å². The van der Waals surface area contributed by atoms with Crippen molar-refractivity contribution in [3.05, 3.63) is 545 Å². The first kappa shape index (κ1) is 57.5. The number of hydrogen-bond donors (Lipinski definition) is 0. The second kappa shape index (κ2) is 35.5. The predicted molar refractivity (Wildman–Crippen MR) is 585 cm³/mol. The van der Waals surface area contributed by atoms with E-state index in [1.807, 2.05) is 379 Å². The summed E-state index contributed by atoms with van der Waals surface area (Å²) >= 11 is 0. The molecule has 0 spiro atoms. The highest BCUT2D eigenvalue weighted by atomic mass is 15.2. The maximum atomic E-state index is 9.41. The van der Waals surface area contributed by atoms with Crippen LogP contribution in [0.15, 0.2) is 545 Å². The van der Waals surface area contributed by atoms with E-state index in [-0.39, 0.29) is 106 Å². The second-order valence-electron chi connectivity index (χ2n) is 33.3. The van der Waals surface area contributed by atoms with Gasteiger partial charge in [-0.3, -0.25) is 0 Å². The highest BCUT2D eigenvalue weighted by molar-refractivity contribution is 7.02. The first-order chi connectivity index (χ1) is 80.2. The molecule has 0 aromatic heterocycles. The van der Waals surface area contributed by atoms with Gasteiger partial charge < -0.3 is 44.1 Å². The van der Waals surface area contributed by atoms with Gasteiger partial charge in [0.1, 0.15) is 0 Å². The zero-order valence-electron chi connectivity index (χ0n) is 102. The SMILES string of the molecule is [2H]c1c([2H])c([2H])c(N(c2cc3c4c(c2)N(c2ccccc2)c2ccccc2B4c2ccccc2N3c2ccccc2)c2c([2H])c([2H])c([2H])c([2H])c2[2H])c([2H])c1[2H].[2H]c1c([2H])c([2H])c(N2c3ccccc3B3c4ccccc4N(c4c([2H])c([2H])c([2H])c([2H])c4[2H])c4cc(N(c5ccccc5)c5ccccc5)cc2c43)c([2H])c1[2H].[2H]c1c([2H])c([2H])c2c(c1[2H])B1c3c(cc(N(c4ccccc4)c4ccccc4)cc3N(c3ccccc3)c3c([2H])c([2H])c([2H])c([2H])c31)N2c1ccccc1. The summed E-state index contributed by atoms with van der Waals surface area (Å²) in [5.41, 5.74) is 20.7. The normalized spacial score (nSPS) is 15.5. The van der Waals surface area contributed by atoms with Crippen molar-refractivity contribution < 1.29 is 38.4 Å². The van der Waals surface area contributed by atoms with Gasteiger partial charge in [0.15, 0.2) is 0 Å². The van der Waals surface area contributed by atoms with Gasteiger partial charge in [0.05, 0.1) is 55.4 Å². The summed E-state index contributed by atoms with van der Waals surface area (Å²) in [5.74, 6) is 0. The zero-order valence-corrected chi connectivity index (χ0v) is 73.6. The number of fused-ring (bicyclic) bond motifs is 12. The number of nitrogens with zero attached hydrogens (tertiary/aromatic N) is 9. The summed E-state index contributed by atoms with van der Waals surface area (Å²) < 4.78 is 249. The molecule has 0 unspecified atom stereocenters. The molecule has 0 atom stereocenters. The Balaban J connectivity index is 0.000000125. The van der Waals surface area contributed by atoms with Crippen LogP contribution in [0.25, 0.3) is 0 Å². The minimum atomic E-state index is -0.974. The summed E-state index contributed by atoms with van der Waals surface area (Å²) in [6.07, 6.45) is 0. The van der Waals surface area contributed by atoms with Crippen LogP contribution in [0.3, 0.4) is 0 Å². The number of hydrogen-bond acceptors (Lipinski definition) is 9. The van der Waals surface area contributed by atoms with Gasteiger partial charge >= 0.3 is 0 Å². The lowest BCUT2D eigenvalue weighted by Crippen LogP contribution is -2.61. The Bertz CT molecular complexity index is 9230. The average Bonchev–Trinajstić information content (AvgIpc) is 0.693. The Labute approximate surface area is 846 Å². The Hall–Kier alpha value is -18.0. The van der Waals surface area contributed by atoms with Crippen LogP contribution >= 0.6 is 0 Å². The zero-order chi connectivity index (χ0) is 116. The second-order valence-corrected chi connectivity index (χ2v) is 33.3. The molecule has 21 aromatic rings. The minimum Gasteiger partial charge on any atom is -0.311 e. The fourth-order valence-electron chi connectivity index (χ4n) is 20.4. The lowest BCUT2D eigenvalue weighted by atomic mass is 9.33. The Morgan fingerprint density at radius 3 is 0.609 bits per heavy atom. The van der Waals surface area contributed by atoms with E-state index in [0.717, 1.165) is 78.5 Å². The van der Waals surface area contributed by atoms with Crippen LogP contribution in [0.4, 0.5) is 154 Å². The summed E-state index contributed by atoms with van der Waals surface area (Å²) in [6.45, 7) is -1.68. The van der Waals surface area contributed by atoms with Gasteiger partial charge in [-0.1, -0.05) is 327 Å². The largest absolute Gasteiger partial charge is 0.311 e. The fourth-order valence-corrected chi connectivity index (χ4v) is 20.4. The topological polar surface area (TPSA) is 29.2 Å². The van der Waals surface area contributed by atoms with E-state index in [1.54, 1.807) is 9.80 Å². The van der Waals surface area contributed by atoms with Crippen molar-refractivity contribution in [1.29, 1.82) is 0 Å². The van der Waals surface area contributed by atoms with Crippen molar-refractivity contribution in [2.45, 2.75) is 0 Å². The lowest BCUT2D eigenvalue weighted by molar-refractivity contribution is 1.23. The Morgan fingerprint density at radius 1 is 0.145 bits per heavy atom. The lowest BCUT2D eigenvalue weighted by Gasteiger charge is -2.45. The molecule has 0 saturated carbocycles. The molecular weight excluding hydrogens is 1670 g/mol. The number of rotatable bonds is 15. The fraction of sp³-hybridized carbons (Fsp3) is 0. The van der Waals surface area contributed by atoms with E-state index in [1.165, 1.54) is 4.90 Å². The van der Waals surface area contributed by atoms with Gasteiger partial charge in [-0.25, -0.2) is 0 Å². The van der Waals surface area contributed by atoms with E-state index < -0.39 is 134 Å². The summed E-state index contributed by atoms with van der Waals surface area (Å²) in [7, 11) is 0. The quantitative estimate of drug-likeness (QED) is 0.0931. The molecule has 0 radical (unpaired) electrons. The summed E-state index contributed by atoms with van der Waals surface area (Å²) in [5, 5.41) is 0. The molecule has 0 amide bonds. The first-order valence-electron chi connectivity index (χ1n) is 59.2. The summed E-state index contributed by atoms with van der Waals surface area (Å²) in [4.78, 5) is 16.8. The van der Waals surface area contributed by atoms with Crippen LogP contribution in [0.5, 0.6) is 0 Å². The molecule has 648 valence electrons. The third-order valence-electron chi connectivity index (χ3n) is 25.8. The van der Waals surface area contributed by atoms with Gasteiger partial charge in [-0.15, -0.1) is 0 Å². The van der Waals surface area contributed by atoms with Gasteiger partial charge in [-0.2, -0.15) is 0 Å². The van der Waals surface area contributed by atoms with E-state index in [0.29, 0.717) is 73.5 Å². The van der Waals surface area contributed by atoms with Crippen LogP contribution in [-0.2, 0) is 0 Å².